The number of anilines is 3. The minimum Gasteiger partial charge on any atom is -0.342 e. The summed E-state index contributed by atoms with van der Waals surface area (Å²) in [7, 11) is 0. The lowest BCUT2D eigenvalue weighted by molar-refractivity contribution is -0.137. The molecule has 0 aromatic heterocycles. The Hall–Kier alpha value is -9.21. The van der Waals surface area contributed by atoms with Gasteiger partial charge in [0.05, 0.1) is 21.3 Å². The molecule has 116 heavy (non-hydrogen) atoms. The van der Waals surface area contributed by atoms with Crippen LogP contribution >= 0.6 is 35.3 Å². The van der Waals surface area contributed by atoms with Crippen molar-refractivity contribution < 1.29 is 59.2 Å². The molecule has 21 nitrogen and oxygen atoms in total. The van der Waals surface area contributed by atoms with E-state index in [4.69, 9.17) is 0 Å². The highest BCUT2D eigenvalue weighted by Crippen LogP contribution is 2.50. The number of carbonyl (C=O) groups excluding carboxylic acids is 9. The highest BCUT2D eigenvalue weighted by atomic mass is 32.2. The van der Waals surface area contributed by atoms with Gasteiger partial charge in [-0.05, 0) is 166 Å². The zero-order valence-electron chi connectivity index (χ0n) is 67.7. The van der Waals surface area contributed by atoms with E-state index in [9.17, 15) is 56.3 Å². The van der Waals surface area contributed by atoms with E-state index in [2.05, 4.69) is 56.6 Å². The van der Waals surface area contributed by atoms with Crippen LogP contribution in [0, 0.1) is 35.7 Å². The number of likely N-dealkylation sites (tertiary alicyclic amines) is 3. The maximum atomic E-state index is 14.8. The monoisotopic (exact) mass is 1650 g/mol. The zero-order valence-corrected chi connectivity index (χ0v) is 70.1. The van der Waals surface area contributed by atoms with E-state index in [0.717, 1.165) is 88.7 Å². The molecule has 0 bridgehead atoms. The quantitative estimate of drug-likeness (QED) is 0.0732. The highest BCUT2D eigenvalue weighted by Gasteiger charge is 2.48. The minimum absolute atomic E-state index is 0. The van der Waals surface area contributed by atoms with Crippen molar-refractivity contribution in [2.24, 2.45) is 11.3 Å². The van der Waals surface area contributed by atoms with Crippen LogP contribution in [0.3, 0.4) is 0 Å². The number of hydrogen-bond donors (Lipinski definition) is 3. The summed E-state index contributed by atoms with van der Waals surface area (Å²) in [5.74, 6) is -1.63. The Morgan fingerprint density at radius 3 is 1.33 bits per heavy atom. The largest absolute Gasteiger partial charge is 0.342 e. The third-order valence-corrected chi connectivity index (χ3v) is 28.2. The van der Waals surface area contributed by atoms with Crippen molar-refractivity contribution in [3.63, 3.8) is 0 Å². The predicted octanol–water partition coefficient (Wildman–Crippen LogP) is 16.4. The highest BCUT2D eigenvalue weighted by molar-refractivity contribution is 8.01. The maximum Gasteiger partial charge on any atom is 0.322 e. The summed E-state index contributed by atoms with van der Waals surface area (Å²) >= 11 is 4.21. The summed E-state index contributed by atoms with van der Waals surface area (Å²) in [6.07, 6.45) is 7.70. The fourth-order valence-corrected chi connectivity index (χ4v) is 21.7. The predicted molar refractivity (Wildman–Crippen MR) is 455 cm³/mol. The molecule has 6 saturated heterocycles. The molecule has 15 rings (SSSR count). The lowest BCUT2D eigenvalue weighted by Gasteiger charge is -2.40. The van der Waals surface area contributed by atoms with Crippen LogP contribution in [0.2, 0.25) is 0 Å². The number of nitrogens with one attached hydrogen (secondary N) is 3. The van der Waals surface area contributed by atoms with Crippen molar-refractivity contribution in [2.45, 2.75) is 201 Å². The summed E-state index contributed by atoms with van der Waals surface area (Å²) in [6.45, 7) is 22.3. The number of hydrogen-bond acceptors (Lipinski definition) is 12. The van der Waals surface area contributed by atoms with Gasteiger partial charge in [0.15, 0.2) is 0 Å². The number of fused-ring (bicyclic) bond motifs is 3. The summed E-state index contributed by atoms with van der Waals surface area (Å²) in [4.78, 5) is 135. The lowest BCUT2D eigenvalue weighted by Crippen LogP contribution is -2.51. The van der Waals surface area contributed by atoms with Gasteiger partial charge in [-0.25, -0.2) is 27.6 Å². The fourth-order valence-electron chi connectivity index (χ4n) is 17.1. The SMILES string of the molecule is CC(C)(C)CCN1C(=O)C(CC(=O)N2CCC(N3Cc4ccccc4NC3=O)CC2)SC1c1c(F)cccc1F.CC(C)N1C(=O)C(CC(=O)N2CCC(N3CCc4ccccc4NC3=O)CC2)SC1c1ccccc1.Cc1c(F)cccc1C1SC(CC(=O)N2CCC(N3CCc4ccccc4NC3=O)CC2)C(=O)N1CCC(C)C.[HH].[HH]. The second-order valence-corrected chi connectivity index (χ2v) is 37.4. The Morgan fingerprint density at radius 2 is 0.853 bits per heavy atom. The molecule has 0 aliphatic carbocycles. The number of urea groups is 3. The van der Waals surface area contributed by atoms with Crippen molar-refractivity contribution in [1.82, 2.24) is 44.1 Å². The van der Waals surface area contributed by atoms with Crippen LogP contribution in [-0.2, 0) is 48.2 Å². The van der Waals surface area contributed by atoms with E-state index in [-0.39, 0.29) is 133 Å². The topological polar surface area (TPSA) is 219 Å². The van der Waals surface area contributed by atoms with Crippen LogP contribution in [0.15, 0.2) is 140 Å². The van der Waals surface area contributed by atoms with Crippen molar-refractivity contribution >= 4 is 106 Å². The Kier molecular flexibility index (Phi) is 27.4. The number of nitrogens with zero attached hydrogens (tertiary/aromatic N) is 9. The number of thioether (sulfide) groups is 3. The molecule has 9 aliphatic heterocycles. The lowest BCUT2D eigenvalue weighted by atomic mass is 9.92. The molecule has 0 spiro atoms. The first-order valence-corrected chi connectivity index (χ1v) is 43.9. The van der Waals surface area contributed by atoms with Crippen LogP contribution in [0.4, 0.5) is 44.6 Å². The number of halogens is 3. The molecular weight excluding hydrogens is 1530 g/mol. The molecule has 12 amide bonds. The number of benzene rings is 6. The molecule has 622 valence electrons. The summed E-state index contributed by atoms with van der Waals surface area (Å²) < 4.78 is 43.9. The molecule has 6 aromatic carbocycles. The van der Waals surface area contributed by atoms with E-state index in [1.54, 1.807) is 29.7 Å². The van der Waals surface area contributed by atoms with Gasteiger partial charge < -0.3 is 60.0 Å². The number of rotatable bonds is 18. The van der Waals surface area contributed by atoms with E-state index in [1.165, 1.54) is 40.9 Å². The average Bonchev–Trinajstić information content (AvgIpc) is 1.73. The van der Waals surface area contributed by atoms with E-state index >= 15 is 0 Å². The van der Waals surface area contributed by atoms with Gasteiger partial charge >= 0.3 is 18.1 Å². The van der Waals surface area contributed by atoms with Crippen LogP contribution in [0.1, 0.15) is 177 Å². The summed E-state index contributed by atoms with van der Waals surface area (Å²) in [6, 6.07) is 42.4. The molecule has 9 heterocycles. The van der Waals surface area contributed by atoms with E-state index < -0.39 is 27.5 Å². The standard InChI is InChI=1S/C31H39FN4O3S.C30H36F2N4O3S.C28H34N4O3S.2H2/c1-20(2)11-17-36-29(38)27(40-30(36)24-8-6-9-25(32)21(24)3)19-28(37)34-15-13-23(14-16-34)35-18-12-22-7-4-5-10-26(22)33-31(35)39;1-30(2,3)13-16-35-27(38)24(40-28(35)26-21(31)8-6-9-22(26)32)17-25(37)34-14-11-20(12-15-34)36-18-19-7-4-5-10-23(19)33-29(36)39;1-19(2)32-26(34)24(36-27(32)21-9-4-3-5-10-21)18-25(33)30-15-13-22(14-16-30)31-17-12-20-8-6-7-11-23(20)29-28(31)35;;/h4-10,20,23,27,30H,11-19H2,1-3H3,(H,33,39);4-10,20,24,28H,11-18H2,1-3H3,(H,33,39);3-11,19,22,24,27H,12-18H2,1-2H3,(H,29,35);2*1H. The Morgan fingerprint density at radius 1 is 0.457 bits per heavy atom. The van der Waals surface area contributed by atoms with Crippen molar-refractivity contribution in [3.8, 4) is 0 Å². The Bertz CT molecular complexity index is 4570. The van der Waals surface area contributed by atoms with Gasteiger partial charge in [-0.2, -0.15) is 0 Å². The van der Waals surface area contributed by atoms with E-state index in [1.807, 2.05) is 151 Å². The second kappa shape index (κ2) is 37.6. The van der Waals surface area contributed by atoms with Crippen LogP contribution in [0.25, 0.3) is 0 Å². The van der Waals surface area contributed by atoms with Crippen molar-refractivity contribution in [2.75, 3.05) is 81.4 Å². The van der Waals surface area contributed by atoms with Crippen LogP contribution in [0.5, 0.6) is 0 Å². The molecule has 6 fully saturated rings. The first-order chi connectivity index (χ1) is 55.7. The smallest absolute Gasteiger partial charge is 0.322 e. The van der Waals surface area contributed by atoms with E-state index in [0.29, 0.717) is 116 Å². The molecule has 3 N–H and O–H groups in total. The van der Waals surface area contributed by atoms with Crippen LogP contribution in [-0.4, -0.2) is 203 Å². The Balaban J connectivity index is 0.000000172. The molecule has 27 heteroatoms. The number of para-hydroxylation sites is 3. The normalized spacial score (nSPS) is 22.3. The maximum absolute atomic E-state index is 14.8. The van der Waals surface area contributed by atoms with Gasteiger partial charge in [-0.1, -0.05) is 138 Å². The fraction of sp³-hybridized carbons (Fsp3) is 0.494. The van der Waals surface area contributed by atoms with Gasteiger partial charge in [0.25, 0.3) is 0 Å². The number of amides is 12. The van der Waals surface area contributed by atoms with Crippen molar-refractivity contribution in [3.05, 3.63) is 196 Å². The van der Waals surface area contributed by atoms with Crippen molar-refractivity contribution in [1.29, 1.82) is 0 Å². The molecule has 0 saturated carbocycles. The molecule has 6 atom stereocenters. The first-order valence-electron chi connectivity index (χ1n) is 41.1. The molecule has 6 unspecified atom stereocenters. The van der Waals surface area contributed by atoms with Gasteiger partial charge in [0.2, 0.25) is 35.4 Å². The van der Waals surface area contributed by atoms with Gasteiger partial charge in [0.1, 0.15) is 33.6 Å². The summed E-state index contributed by atoms with van der Waals surface area (Å²) in [5.41, 5.74) is 8.20. The van der Waals surface area contributed by atoms with Gasteiger partial charge in [-0.3, -0.25) is 28.8 Å². The minimum atomic E-state index is -0.819. The third-order valence-electron chi connectivity index (χ3n) is 23.9. The number of carbonyl (C=O) groups is 9. The first kappa shape index (κ1) is 84.7. The number of piperidine rings is 3. The van der Waals surface area contributed by atoms with Gasteiger partial charge in [0, 0.05) is 135 Å². The molecular formula is C89H113F3N12O9S3. The Labute approximate surface area is 695 Å². The summed E-state index contributed by atoms with van der Waals surface area (Å²) in [5, 5.41) is 6.31. The molecule has 6 aromatic rings. The van der Waals surface area contributed by atoms with Gasteiger partial charge in [-0.15, -0.1) is 35.3 Å². The average molecular weight is 1650 g/mol. The third kappa shape index (κ3) is 19.8. The molecule has 0 radical (unpaired) electrons. The van der Waals surface area contributed by atoms with Crippen LogP contribution < -0.4 is 16.0 Å². The second-order valence-electron chi connectivity index (χ2n) is 33.6. The molecule has 9 aliphatic rings. The zero-order chi connectivity index (χ0) is 82.2.